The van der Waals surface area contributed by atoms with Crippen LogP contribution < -0.4 is 4.35 Å². The topological polar surface area (TPSA) is 97.5 Å². The summed E-state index contributed by atoms with van der Waals surface area (Å²) < 4.78 is 10.8. The summed E-state index contributed by atoms with van der Waals surface area (Å²) in [4.78, 5) is 20.2. The number of benzene rings is 1. The summed E-state index contributed by atoms with van der Waals surface area (Å²) in [6.07, 6.45) is 0. The van der Waals surface area contributed by atoms with Gasteiger partial charge in [0.25, 0.3) is 0 Å². The third-order valence-electron chi connectivity index (χ3n) is 1.51. The Labute approximate surface area is 84.6 Å². The van der Waals surface area contributed by atoms with Crippen molar-refractivity contribution < 1.29 is 18.6 Å². The van der Waals surface area contributed by atoms with Gasteiger partial charge in [-0.1, -0.05) is 0 Å². The van der Waals surface area contributed by atoms with E-state index in [9.17, 15) is 18.6 Å². The molecular weight excluding hydrogens is 253 g/mol. The number of hydrogen-bond acceptors (Lipinski definition) is 4. The zero-order chi connectivity index (χ0) is 10.7. The van der Waals surface area contributed by atoms with Crippen LogP contribution in [0.3, 0.4) is 0 Å². The Bertz CT molecular complexity index is 417. The van der Waals surface area contributed by atoms with E-state index in [2.05, 4.69) is 0 Å². The Hall–Kier alpha value is -1.55. The van der Waals surface area contributed by atoms with E-state index in [0.29, 0.717) is 0 Å². The normalized spacial score (nSPS) is 10.0. The van der Waals surface area contributed by atoms with E-state index in [4.69, 9.17) is 5.11 Å². The molecule has 0 saturated carbocycles. The average Bonchev–Trinajstić information content (AvgIpc) is 2.16. The number of carboxylic acids is 1. The molecule has 0 bridgehead atoms. The van der Waals surface area contributed by atoms with Crippen LogP contribution >= 0.6 is 0 Å². The Morgan fingerprint density at radius 3 is 2.57 bits per heavy atom. The fourth-order valence-electron chi connectivity index (χ4n) is 0.909. The summed E-state index contributed by atoms with van der Waals surface area (Å²) in [5, 5.41) is 19.0. The van der Waals surface area contributed by atoms with Crippen LogP contribution in [-0.4, -0.2) is 31.7 Å². The van der Waals surface area contributed by atoms with E-state index in [1.54, 1.807) is 0 Å². The monoisotopic (exact) mass is 257 g/mol. The van der Waals surface area contributed by atoms with Crippen molar-refractivity contribution in [1.82, 2.24) is 0 Å². The van der Waals surface area contributed by atoms with E-state index in [0.717, 1.165) is 12.1 Å². The fraction of sp³-hybridized carbons (Fsp3) is 0. The number of carbonyl (C=O) groups is 1. The summed E-state index contributed by atoms with van der Waals surface area (Å²) in [5.74, 6) is -1.37. The van der Waals surface area contributed by atoms with E-state index in [1.807, 2.05) is 0 Å². The Kier molecular flexibility index (Phi) is 3.09. The van der Waals surface area contributed by atoms with Gasteiger partial charge in [-0.25, -0.2) is 0 Å². The molecule has 0 radical (unpaired) electrons. The molecule has 0 saturated heterocycles. The predicted octanol–water partition coefficient (Wildman–Crippen LogP) is -0.0320. The molecule has 0 aliphatic carbocycles. The molecule has 0 amide bonds. The van der Waals surface area contributed by atoms with E-state index >= 15 is 0 Å². The molecule has 7 heteroatoms. The molecule has 0 fully saturated rings. The molecule has 0 aliphatic rings. The SMILES string of the molecule is O=[As]c1ccc(C(=O)O)c([N+](=O)[O-])c1. The number of carboxylic acid groups (broad SMARTS) is 1. The zero-order valence-electron chi connectivity index (χ0n) is 6.71. The van der Waals surface area contributed by atoms with Gasteiger partial charge in [0.1, 0.15) is 0 Å². The van der Waals surface area contributed by atoms with Crippen LogP contribution in [0, 0.1) is 10.1 Å². The second-order valence-corrected chi connectivity index (χ2v) is 3.82. The minimum atomic E-state index is -1.38. The van der Waals surface area contributed by atoms with Gasteiger partial charge < -0.3 is 0 Å². The maximum absolute atomic E-state index is 10.6. The summed E-state index contributed by atoms with van der Waals surface area (Å²) in [5.41, 5.74) is -0.922. The molecule has 0 unspecified atom stereocenters. The van der Waals surface area contributed by atoms with Crippen LogP contribution in [0.25, 0.3) is 0 Å². The molecule has 1 rings (SSSR count). The van der Waals surface area contributed by atoms with Gasteiger partial charge in [0, 0.05) is 0 Å². The van der Waals surface area contributed by atoms with Crippen molar-refractivity contribution in [2.45, 2.75) is 0 Å². The molecule has 0 aliphatic heterocycles. The molecule has 0 atom stereocenters. The van der Waals surface area contributed by atoms with Gasteiger partial charge in [-0.15, -0.1) is 0 Å². The second kappa shape index (κ2) is 4.11. The quantitative estimate of drug-likeness (QED) is 0.465. The number of rotatable bonds is 3. The Balaban J connectivity index is 3.38. The number of nitrogens with zero attached hydrogens (tertiary/aromatic N) is 1. The van der Waals surface area contributed by atoms with E-state index in [1.165, 1.54) is 6.07 Å². The van der Waals surface area contributed by atoms with E-state index in [-0.39, 0.29) is 4.35 Å². The first-order chi connectivity index (χ1) is 6.56. The number of hydrogen-bond donors (Lipinski definition) is 1. The molecule has 1 aromatic carbocycles. The molecule has 6 nitrogen and oxygen atoms in total. The fourth-order valence-corrected chi connectivity index (χ4v) is 1.56. The van der Waals surface area contributed by atoms with Crippen LogP contribution in [0.2, 0.25) is 0 Å². The van der Waals surface area contributed by atoms with Crippen molar-refractivity contribution in [1.29, 1.82) is 0 Å². The van der Waals surface area contributed by atoms with Gasteiger partial charge in [-0.3, -0.25) is 0 Å². The summed E-state index contributed by atoms with van der Waals surface area (Å²) in [6, 6.07) is 3.42. The molecule has 0 heterocycles. The zero-order valence-corrected chi connectivity index (χ0v) is 8.58. The third kappa shape index (κ3) is 2.03. The molecule has 14 heavy (non-hydrogen) atoms. The van der Waals surface area contributed by atoms with Crippen molar-refractivity contribution in [2.24, 2.45) is 0 Å². The van der Waals surface area contributed by atoms with Gasteiger partial charge in [-0.05, 0) is 0 Å². The van der Waals surface area contributed by atoms with Crippen LogP contribution in [0.15, 0.2) is 18.2 Å². The van der Waals surface area contributed by atoms with Gasteiger partial charge in [0.15, 0.2) is 0 Å². The molecule has 1 N–H and O–H groups in total. The summed E-state index contributed by atoms with van der Waals surface area (Å²) in [6.45, 7) is 0. The predicted molar refractivity (Wildman–Crippen MR) is 46.1 cm³/mol. The van der Waals surface area contributed by atoms with Gasteiger partial charge in [-0.2, -0.15) is 0 Å². The molecule has 0 spiro atoms. The molecule has 72 valence electrons. The molecule has 1 aromatic rings. The van der Waals surface area contributed by atoms with Crippen molar-refractivity contribution in [3.63, 3.8) is 0 Å². The summed E-state index contributed by atoms with van der Waals surface area (Å²) >= 11 is -1.38. The van der Waals surface area contributed by atoms with Gasteiger partial charge in [0.05, 0.1) is 0 Å². The van der Waals surface area contributed by atoms with Gasteiger partial charge >= 0.3 is 84.1 Å². The van der Waals surface area contributed by atoms with Crippen molar-refractivity contribution in [3.8, 4) is 0 Å². The van der Waals surface area contributed by atoms with Crippen LogP contribution in [0.4, 0.5) is 5.69 Å². The first kappa shape index (κ1) is 10.5. The Morgan fingerprint density at radius 1 is 1.50 bits per heavy atom. The third-order valence-corrected chi connectivity index (χ3v) is 2.54. The Morgan fingerprint density at radius 2 is 2.14 bits per heavy atom. The number of nitro groups is 1. The number of nitro benzene ring substituents is 1. The standard InChI is InChI=1S/C7H4AsNO5/c10-7(11)5-2-1-4(8-12)3-6(5)9(13)14/h1-3H,(H,10,11). The number of aromatic carboxylic acids is 1. The van der Waals surface area contributed by atoms with E-state index < -0.39 is 37.8 Å². The van der Waals surface area contributed by atoms with Crippen molar-refractivity contribution in [2.75, 3.05) is 0 Å². The van der Waals surface area contributed by atoms with Crippen molar-refractivity contribution >= 4 is 31.7 Å². The molecule has 0 aromatic heterocycles. The van der Waals surface area contributed by atoms with Crippen LogP contribution in [0.5, 0.6) is 0 Å². The molecular formula is C7H4AsNO5. The van der Waals surface area contributed by atoms with Crippen LogP contribution in [0.1, 0.15) is 10.4 Å². The minimum absolute atomic E-state index is 0.290. The summed E-state index contributed by atoms with van der Waals surface area (Å²) in [7, 11) is 0. The maximum atomic E-state index is 10.6. The first-order valence-electron chi connectivity index (χ1n) is 3.41. The average molecular weight is 257 g/mol. The van der Waals surface area contributed by atoms with Crippen molar-refractivity contribution in [3.05, 3.63) is 33.9 Å². The second-order valence-electron chi connectivity index (χ2n) is 2.36. The van der Waals surface area contributed by atoms with Crippen LogP contribution in [-0.2, 0) is 3.74 Å². The van der Waals surface area contributed by atoms with Gasteiger partial charge in [0.2, 0.25) is 0 Å². The first-order valence-corrected chi connectivity index (χ1v) is 5.12.